The minimum Gasteiger partial charge on any atom is -0.493 e. The summed E-state index contributed by atoms with van der Waals surface area (Å²) in [6.07, 6.45) is 6.66. The van der Waals surface area contributed by atoms with Gasteiger partial charge in [-0.05, 0) is 60.2 Å². The van der Waals surface area contributed by atoms with Crippen molar-refractivity contribution in [1.82, 2.24) is 0 Å². The molecule has 0 atom stereocenters. The van der Waals surface area contributed by atoms with Crippen LogP contribution in [0.25, 0.3) is 6.08 Å². The molecule has 3 rings (SSSR count). The Morgan fingerprint density at radius 2 is 2.00 bits per heavy atom. The van der Waals surface area contributed by atoms with Gasteiger partial charge in [0.1, 0.15) is 6.07 Å². The highest BCUT2D eigenvalue weighted by molar-refractivity contribution is 6.07. The maximum absolute atomic E-state index is 12.4. The number of ketones is 1. The van der Waals surface area contributed by atoms with Crippen molar-refractivity contribution in [3.63, 3.8) is 0 Å². The van der Waals surface area contributed by atoms with E-state index < -0.39 is 0 Å². The summed E-state index contributed by atoms with van der Waals surface area (Å²) in [5.41, 5.74) is 4.20. The Balaban J connectivity index is 1.75. The van der Waals surface area contributed by atoms with Crippen molar-refractivity contribution in [1.29, 1.82) is 5.26 Å². The number of benzene rings is 2. The van der Waals surface area contributed by atoms with Crippen LogP contribution in [0.3, 0.4) is 0 Å². The zero-order valence-corrected chi connectivity index (χ0v) is 14.1. The van der Waals surface area contributed by atoms with Crippen molar-refractivity contribution in [3.05, 3.63) is 64.7 Å². The number of aryl methyl sites for hydroxylation is 2. The molecule has 0 aliphatic heterocycles. The first-order valence-corrected chi connectivity index (χ1v) is 8.23. The van der Waals surface area contributed by atoms with Crippen LogP contribution in [0.4, 0.5) is 0 Å². The molecule has 25 heavy (non-hydrogen) atoms. The van der Waals surface area contributed by atoms with Gasteiger partial charge in [0.05, 0.1) is 7.11 Å². The predicted molar refractivity (Wildman–Crippen MR) is 95.9 cm³/mol. The van der Waals surface area contributed by atoms with Gasteiger partial charge in [-0.15, -0.1) is 0 Å². The van der Waals surface area contributed by atoms with Gasteiger partial charge in [0.25, 0.3) is 0 Å². The maximum Gasteiger partial charge on any atom is 0.185 e. The van der Waals surface area contributed by atoms with Crippen molar-refractivity contribution < 1.29 is 14.3 Å². The summed E-state index contributed by atoms with van der Waals surface area (Å²) in [6.45, 7) is -0.0393. The fraction of sp³-hybridized carbons (Fsp3) is 0.238. The van der Waals surface area contributed by atoms with Crippen molar-refractivity contribution in [2.45, 2.75) is 19.3 Å². The number of ether oxygens (including phenoxy) is 2. The molecule has 0 radical (unpaired) electrons. The topological polar surface area (TPSA) is 59.3 Å². The third-order valence-electron chi connectivity index (χ3n) is 4.29. The quantitative estimate of drug-likeness (QED) is 0.592. The average Bonchev–Trinajstić information content (AvgIpc) is 3.12. The molecule has 0 unspecified atom stereocenters. The number of rotatable bonds is 6. The lowest BCUT2D eigenvalue weighted by Crippen LogP contribution is -1.97. The first-order valence-electron chi connectivity index (χ1n) is 8.23. The second-order valence-corrected chi connectivity index (χ2v) is 5.89. The molecule has 0 amide bonds. The van der Waals surface area contributed by atoms with Gasteiger partial charge >= 0.3 is 0 Å². The molecule has 2 aromatic carbocycles. The van der Waals surface area contributed by atoms with Gasteiger partial charge in [0.15, 0.2) is 23.9 Å². The number of allylic oxidation sites excluding steroid dienone is 1. The maximum atomic E-state index is 12.4. The normalized spacial score (nSPS) is 12.6. The Morgan fingerprint density at radius 1 is 1.16 bits per heavy atom. The number of hydrogen-bond acceptors (Lipinski definition) is 4. The Hall–Kier alpha value is -3.06. The number of nitrogens with zero attached hydrogens (tertiary/aromatic N) is 1. The molecule has 126 valence electrons. The lowest BCUT2D eigenvalue weighted by atomic mass is 10.0. The van der Waals surface area contributed by atoms with Crippen LogP contribution in [-0.4, -0.2) is 19.5 Å². The molecule has 0 saturated heterocycles. The number of carbonyl (C=O) groups is 1. The predicted octanol–water partition coefficient (Wildman–Crippen LogP) is 3.98. The highest BCUT2D eigenvalue weighted by atomic mass is 16.5. The Morgan fingerprint density at radius 3 is 2.80 bits per heavy atom. The smallest absolute Gasteiger partial charge is 0.185 e. The van der Waals surface area contributed by atoms with Crippen LogP contribution in [0.2, 0.25) is 0 Å². The summed E-state index contributed by atoms with van der Waals surface area (Å²) < 4.78 is 10.6. The van der Waals surface area contributed by atoms with E-state index in [1.54, 1.807) is 24.3 Å². The lowest BCUT2D eigenvalue weighted by Gasteiger charge is -2.08. The molecule has 4 nitrogen and oxygen atoms in total. The fourth-order valence-electron chi connectivity index (χ4n) is 3.01. The molecule has 1 aliphatic rings. The third-order valence-corrected chi connectivity index (χ3v) is 4.29. The molecule has 0 heterocycles. The van der Waals surface area contributed by atoms with Crippen LogP contribution in [0.5, 0.6) is 11.5 Å². The first-order chi connectivity index (χ1) is 12.2. The molecule has 0 bridgehead atoms. The lowest BCUT2D eigenvalue weighted by molar-refractivity contribution is 0.104. The van der Waals surface area contributed by atoms with Crippen molar-refractivity contribution in [2.75, 3.05) is 13.7 Å². The molecule has 4 heteroatoms. The zero-order valence-electron chi connectivity index (χ0n) is 14.1. The van der Waals surface area contributed by atoms with Crippen LogP contribution in [0, 0.1) is 11.3 Å². The van der Waals surface area contributed by atoms with Gasteiger partial charge in [-0.3, -0.25) is 4.79 Å². The number of carbonyl (C=O) groups excluding carboxylic acids is 1. The van der Waals surface area contributed by atoms with Crippen LogP contribution < -0.4 is 9.47 Å². The van der Waals surface area contributed by atoms with E-state index in [-0.39, 0.29) is 12.4 Å². The molecular formula is C21H19NO3. The van der Waals surface area contributed by atoms with E-state index in [2.05, 4.69) is 6.07 Å². The van der Waals surface area contributed by atoms with E-state index >= 15 is 0 Å². The number of hydrogen-bond donors (Lipinski definition) is 0. The summed E-state index contributed by atoms with van der Waals surface area (Å²) in [4.78, 5) is 12.4. The van der Waals surface area contributed by atoms with Crippen molar-refractivity contribution in [3.8, 4) is 17.6 Å². The number of nitriles is 1. The van der Waals surface area contributed by atoms with Gasteiger partial charge in [0, 0.05) is 5.56 Å². The average molecular weight is 333 g/mol. The van der Waals surface area contributed by atoms with Gasteiger partial charge in [-0.25, -0.2) is 0 Å². The third kappa shape index (κ3) is 3.89. The van der Waals surface area contributed by atoms with Gasteiger partial charge < -0.3 is 9.47 Å². The Bertz CT molecular complexity index is 862. The molecule has 0 aromatic heterocycles. The molecule has 0 saturated carbocycles. The Labute approximate surface area is 147 Å². The summed E-state index contributed by atoms with van der Waals surface area (Å²) in [5.74, 6) is 1.02. The molecule has 1 aliphatic carbocycles. The van der Waals surface area contributed by atoms with Gasteiger partial charge in [-0.2, -0.15) is 5.26 Å². The minimum absolute atomic E-state index is 0.0153. The minimum atomic E-state index is -0.0393. The van der Waals surface area contributed by atoms with E-state index in [1.807, 2.05) is 24.3 Å². The SMILES string of the molecule is COc1cc(/C=C/C(=O)c2ccc3c(c2)CCC3)ccc1OCC#N. The van der Waals surface area contributed by atoms with Gasteiger partial charge in [-0.1, -0.05) is 24.3 Å². The van der Waals surface area contributed by atoms with Crippen LogP contribution in [0.1, 0.15) is 33.5 Å². The second-order valence-electron chi connectivity index (χ2n) is 5.89. The van der Waals surface area contributed by atoms with E-state index in [4.69, 9.17) is 14.7 Å². The monoisotopic (exact) mass is 333 g/mol. The number of methoxy groups -OCH3 is 1. The molecule has 0 N–H and O–H groups in total. The summed E-state index contributed by atoms with van der Waals surface area (Å²) in [5, 5.41) is 8.59. The van der Waals surface area contributed by atoms with Crippen molar-refractivity contribution in [2.24, 2.45) is 0 Å². The zero-order chi connectivity index (χ0) is 17.6. The highest BCUT2D eigenvalue weighted by Gasteiger charge is 2.12. The van der Waals surface area contributed by atoms with E-state index in [1.165, 1.54) is 24.7 Å². The van der Waals surface area contributed by atoms with Gasteiger partial charge in [0.2, 0.25) is 0 Å². The van der Waals surface area contributed by atoms with Crippen LogP contribution >= 0.6 is 0 Å². The van der Waals surface area contributed by atoms with E-state index in [0.717, 1.165) is 24.0 Å². The van der Waals surface area contributed by atoms with Crippen LogP contribution in [-0.2, 0) is 12.8 Å². The summed E-state index contributed by atoms with van der Waals surface area (Å²) >= 11 is 0. The van der Waals surface area contributed by atoms with Crippen LogP contribution in [0.15, 0.2) is 42.5 Å². The first kappa shape index (κ1) is 16.8. The standard InChI is InChI=1S/C21H19NO3/c1-24-21-13-15(6-10-20(21)25-12-11-22)5-9-19(23)18-8-7-16-3-2-4-17(16)14-18/h5-10,13-14H,2-4,12H2,1H3/b9-5+. The fourth-order valence-corrected chi connectivity index (χ4v) is 3.01. The summed E-state index contributed by atoms with van der Waals surface area (Å²) in [6, 6.07) is 13.2. The summed E-state index contributed by atoms with van der Waals surface area (Å²) in [7, 11) is 1.54. The molecular weight excluding hydrogens is 314 g/mol. The second kappa shape index (κ2) is 7.67. The molecule has 2 aromatic rings. The largest absolute Gasteiger partial charge is 0.493 e. The molecule has 0 fully saturated rings. The molecule has 0 spiro atoms. The number of fused-ring (bicyclic) bond motifs is 1. The van der Waals surface area contributed by atoms with E-state index in [9.17, 15) is 4.79 Å². The highest BCUT2D eigenvalue weighted by Crippen LogP contribution is 2.28. The van der Waals surface area contributed by atoms with E-state index in [0.29, 0.717) is 11.5 Å². The Kier molecular flexibility index (Phi) is 5.15. The van der Waals surface area contributed by atoms with Crippen molar-refractivity contribution >= 4 is 11.9 Å².